The highest BCUT2D eigenvalue weighted by Gasteiger charge is 2.27. The number of nitrogens with one attached hydrogen (secondary N) is 1. The molecule has 1 atom stereocenters. The number of H-pyrrole nitrogens is 1. The van der Waals surface area contributed by atoms with Gasteiger partial charge in [-0.1, -0.05) is 0 Å². The summed E-state index contributed by atoms with van der Waals surface area (Å²) in [6.07, 6.45) is 8.23. The smallest absolute Gasteiger partial charge is 0.257 e. The van der Waals surface area contributed by atoms with Gasteiger partial charge in [0.2, 0.25) is 0 Å². The van der Waals surface area contributed by atoms with E-state index < -0.39 is 0 Å². The molecule has 4 heterocycles. The van der Waals surface area contributed by atoms with Gasteiger partial charge in [-0.25, -0.2) is 15.0 Å². The van der Waals surface area contributed by atoms with E-state index in [9.17, 15) is 9.59 Å². The molecule has 142 valence electrons. The fourth-order valence-corrected chi connectivity index (χ4v) is 3.48. The summed E-state index contributed by atoms with van der Waals surface area (Å²) in [7, 11) is 0. The van der Waals surface area contributed by atoms with Crippen LogP contribution < -0.4 is 5.56 Å². The Morgan fingerprint density at radius 2 is 2.07 bits per heavy atom. The Hall–Kier alpha value is -3.42. The van der Waals surface area contributed by atoms with E-state index in [0.717, 1.165) is 24.1 Å². The van der Waals surface area contributed by atoms with Gasteiger partial charge in [-0.3, -0.25) is 14.6 Å². The van der Waals surface area contributed by atoms with Crippen LogP contribution in [0.25, 0.3) is 11.4 Å². The van der Waals surface area contributed by atoms with Crippen molar-refractivity contribution in [1.29, 1.82) is 0 Å². The number of piperidine rings is 1. The lowest BCUT2D eigenvalue weighted by Gasteiger charge is -2.32. The maximum absolute atomic E-state index is 12.9. The van der Waals surface area contributed by atoms with Crippen molar-refractivity contribution in [3.8, 4) is 11.4 Å². The number of aromatic amines is 1. The molecule has 0 aromatic carbocycles. The number of nitrogens with zero attached hydrogens (tertiary/aromatic N) is 5. The third-order valence-corrected chi connectivity index (χ3v) is 4.83. The molecule has 1 aliphatic rings. The van der Waals surface area contributed by atoms with Gasteiger partial charge >= 0.3 is 0 Å². The number of hydrogen-bond acceptors (Lipinski definition) is 6. The first kappa shape index (κ1) is 18.0. The maximum atomic E-state index is 12.9. The largest absolute Gasteiger partial charge is 0.338 e. The second-order valence-corrected chi connectivity index (χ2v) is 6.88. The molecular weight excluding hydrogens is 356 g/mol. The van der Waals surface area contributed by atoms with E-state index in [1.54, 1.807) is 36.6 Å². The minimum atomic E-state index is -0.162. The number of carbonyl (C=O) groups excluding carboxylic acids is 1. The Balaban J connectivity index is 1.50. The zero-order valence-corrected chi connectivity index (χ0v) is 15.5. The molecule has 1 unspecified atom stereocenters. The number of rotatable bonds is 3. The molecule has 1 N–H and O–H groups in total. The van der Waals surface area contributed by atoms with Crippen LogP contribution >= 0.6 is 0 Å². The Bertz CT molecular complexity index is 1030. The molecule has 0 aliphatic carbocycles. The minimum Gasteiger partial charge on any atom is -0.338 e. The second kappa shape index (κ2) is 7.67. The number of hydrogen-bond donors (Lipinski definition) is 1. The fraction of sp³-hybridized carbons (Fsp3) is 0.300. The van der Waals surface area contributed by atoms with Crippen molar-refractivity contribution < 1.29 is 4.79 Å². The van der Waals surface area contributed by atoms with E-state index in [0.29, 0.717) is 30.3 Å². The first-order chi connectivity index (χ1) is 13.6. The maximum Gasteiger partial charge on any atom is 0.257 e. The average molecular weight is 376 g/mol. The number of amides is 1. The van der Waals surface area contributed by atoms with Gasteiger partial charge in [0.25, 0.3) is 11.5 Å². The third kappa shape index (κ3) is 3.80. The van der Waals surface area contributed by atoms with Crippen molar-refractivity contribution >= 4 is 5.91 Å². The highest BCUT2D eigenvalue weighted by Crippen LogP contribution is 2.26. The van der Waals surface area contributed by atoms with Crippen molar-refractivity contribution in [1.82, 2.24) is 29.8 Å². The summed E-state index contributed by atoms with van der Waals surface area (Å²) in [6.45, 7) is 2.96. The lowest BCUT2D eigenvalue weighted by atomic mass is 9.94. The minimum absolute atomic E-state index is 0.0503. The van der Waals surface area contributed by atoms with Crippen LogP contribution in [0.3, 0.4) is 0 Å². The monoisotopic (exact) mass is 376 g/mol. The number of aromatic nitrogens is 5. The lowest BCUT2D eigenvalue weighted by molar-refractivity contribution is 0.0705. The third-order valence-electron chi connectivity index (χ3n) is 4.83. The number of aryl methyl sites for hydroxylation is 1. The highest BCUT2D eigenvalue weighted by atomic mass is 16.2. The predicted molar refractivity (Wildman–Crippen MR) is 103 cm³/mol. The molecule has 4 rings (SSSR count). The molecule has 8 heteroatoms. The van der Waals surface area contributed by atoms with Crippen LogP contribution in [0, 0.1) is 6.92 Å². The topological polar surface area (TPSA) is 105 Å². The summed E-state index contributed by atoms with van der Waals surface area (Å²) < 4.78 is 0. The van der Waals surface area contributed by atoms with E-state index in [1.807, 2.05) is 12.1 Å². The average Bonchev–Trinajstić information content (AvgIpc) is 2.73. The molecule has 1 amide bonds. The van der Waals surface area contributed by atoms with Gasteiger partial charge in [0.1, 0.15) is 5.82 Å². The van der Waals surface area contributed by atoms with Crippen molar-refractivity contribution in [3.63, 3.8) is 0 Å². The summed E-state index contributed by atoms with van der Waals surface area (Å²) in [5, 5.41) is 0. The Morgan fingerprint density at radius 1 is 1.25 bits per heavy atom. The molecule has 1 fully saturated rings. The van der Waals surface area contributed by atoms with Crippen LogP contribution in [0.4, 0.5) is 0 Å². The molecule has 0 spiro atoms. The first-order valence-electron chi connectivity index (χ1n) is 9.20. The zero-order valence-electron chi connectivity index (χ0n) is 15.5. The lowest BCUT2D eigenvalue weighted by Crippen LogP contribution is -2.39. The quantitative estimate of drug-likeness (QED) is 0.749. The summed E-state index contributed by atoms with van der Waals surface area (Å²) >= 11 is 0. The van der Waals surface area contributed by atoms with E-state index in [4.69, 9.17) is 0 Å². The molecule has 1 aliphatic heterocycles. The molecule has 0 bridgehead atoms. The number of pyridine rings is 1. The van der Waals surface area contributed by atoms with Crippen LogP contribution in [0.15, 0.2) is 47.8 Å². The van der Waals surface area contributed by atoms with Crippen LogP contribution in [-0.4, -0.2) is 48.8 Å². The molecule has 0 saturated carbocycles. The van der Waals surface area contributed by atoms with Gasteiger partial charge in [0.15, 0.2) is 5.82 Å². The van der Waals surface area contributed by atoms with E-state index in [2.05, 4.69) is 24.9 Å². The summed E-state index contributed by atoms with van der Waals surface area (Å²) in [6, 6.07) is 5.21. The zero-order chi connectivity index (χ0) is 19.5. The molecule has 0 radical (unpaired) electrons. The first-order valence-corrected chi connectivity index (χ1v) is 9.20. The molecule has 3 aromatic heterocycles. The van der Waals surface area contributed by atoms with Gasteiger partial charge in [-0.15, -0.1) is 0 Å². The van der Waals surface area contributed by atoms with Crippen LogP contribution in [-0.2, 0) is 0 Å². The SMILES string of the molecule is Cc1nc(C2CCCN(C(=O)c3cnc(-c4cccnc4)nc3)C2)cc(=O)[nH]1. The molecular formula is C20H20N6O2. The number of likely N-dealkylation sites (tertiary alicyclic amines) is 1. The Morgan fingerprint density at radius 3 is 2.79 bits per heavy atom. The standard InChI is InChI=1S/C20H20N6O2/c1-13-24-17(8-18(27)25-13)15-5-3-7-26(12-15)20(28)16-10-22-19(23-11-16)14-4-2-6-21-9-14/h2,4,6,8-11,15H,3,5,7,12H2,1H3,(H,24,25,27). The van der Waals surface area contributed by atoms with Gasteiger partial charge in [0, 0.05) is 55.4 Å². The Labute approximate surface area is 161 Å². The van der Waals surface area contributed by atoms with Crippen molar-refractivity contribution in [2.24, 2.45) is 0 Å². The van der Waals surface area contributed by atoms with Gasteiger partial charge in [-0.05, 0) is 31.9 Å². The fourth-order valence-electron chi connectivity index (χ4n) is 3.48. The van der Waals surface area contributed by atoms with Crippen LogP contribution in [0.2, 0.25) is 0 Å². The Kier molecular flexibility index (Phi) is 4.92. The van der Waals surface area contributed by atoms with Gasteiger partial charge in [-0.2, -0.15) is 0 Å². The van der Waals surface area contributed by atoms with Crippen molar-refractivity contribution in [3.05, 3.63) is 70.4 Å². The molecule has 1 saturated heterocycles. The molecule has 28 heavy (non-hydrogen) atoms. The number of carbonyl (C=O) groups is 1. The second-order valence-electron chi connectivity index (χ2n) is 6.88. The van der Waals surface area contributed by atoms with Crippen molar-refractivity contribution in [2.75, 3.05) is 13.1 Å². The highest BCUT2D eigenvalue weighted by molar-refractivity contribution is 5.93. The summed E-state index contributed by atoms with van der Waals surface area (Å²) in [5.41, 5.74) is 1.82. The van der Waals surface area contributed by atoms with Crippen LogP contribution in [0.1, 0.15) is 40.6 Å². The predicted octanol–water partition coefficient (Wildman–Crippen LogP) is 1.95. The van der Waals surface area contributed by atoms with Crippen molar-refractivity contribution in [2.45, 2.75) is 25.7 Å². The van der Waals surface area contributed by atoms with E-state index >= 15 is 0 Å². The van der Waals surface area contributed by atoms with Gasteiger partial charge in [0.05, 0.1) is 11.3 Å². The van der Waals surface area contributed by atoms with Gasteiger partial charge < -0.3 is 9.88 Å². The molecule has 3 aromatic rings. The molecule has 8 nitrogen and oxygen atoms in total. The summed E-state index contributed by atoms with van der Waals surface area (Å²) in [5.74, 6) is 1.06. The van der Waals surface area contributed by atoms with E-state index in [1.165, 1.54) is 6.07 Å². The van der Waals surface area contributed by atoms with Crippen LogP contribution in [0.5, 0.6) is 0 Å². The summed E-state index contributed by atoms with van der Waals surface area (Å²) in [4.78, 5) is 46.2. The van der Waals surface area contributed by atoms with E-state index in [-0.39, 0.29) is 17.4 Å². The normalized spacial score (nSPS) is 16.8.